The summed E-state index contributed by atoms with van der Waals surface area (Å²) in [6.45, 7) is 2.41. The van der Waals surface area contributed by atoms with Gasteiger partial charge in [-0.15, -0.1) is 0 Å². The van der Waals surface area contributed by atoms with Gasteiger partial charge in [-0.2, -0.15) is 0 Å². The Bertz CT molecular complexity index is 432. The van der Waals surface area contributed by atoms with Crippen LogP contribution in [0.1, 0.15) is 31.7 Å². The monoisotopic (exact) mass is 295 g/mol. The zero-order valence-corrected chi connectivity index (χ0v) is 12.8. The number of hydrogen-bond donors (Lipinski definition) is 3. The van der Waals surface area contributed by atoms with Crippen molar-refractivity contribution in [1.29, 1.82) is 0 Å². The number of carboxylic acid groups (broad SMARTS) is 1. The van der Waals surface area contributed by atoms with Gasteiger partial charge >= 0.3 is 5.97 Å². The third kappa shape index (κ3) is 5.73. The summed E-state index contributed by atoms with van der Waals surface area (Å²) in [5, 5.41) is 20.8. The van der Waals surface area contributed by atoms with Crippen LogP contribution in [0.2, 0.25) is 0 Å². The van der Waals surface area contributed by atoms with Crippen molar-refractivity contribution >= 4 is 5.97 Å². The zero-order chi connectivity index (χ0) is 15.7. The summed E-state index contributed by atoms with van der Waals surface area (Å²) >= 11 is 0. The fourth-order valence-corrected chi connectivity index (χ4v) is 1.99. The molecule has 3 N–H and O–H groups in total. The molecule has 0 aliphatic rings. The minimum absolute atomic E-state index is 0.147. The Kier molecular flexibility index (Phi) is 7.19. The maximum Gasteiger partial charge on any atom is 0.323 e. The fraction of sp³-hybridized carbons (Fsp3) is 0.562. The Balaban J connectivity index is 2.26. The van der Waals surface area contributed by atoms with Crippen LogP contribution in [0.4, 0.5) is 0 Å². The highest BCUT2D eigenvalue weighted by atomic mass is 16.5. The van der Waals surface area contributed by atoms with Crippen molar-refractivity contribution in [3.63, 3.8) is 0 Å². The molecule has 5 heteroatoms. The third-order valence-corrected chi connectivity index (χ3v) is 3.69. The summed E-state index contributed by atoms with van der Waals surface area (Å²) in [7, 11) is 1.67. The standard InChI is InChI=1S/C16H25NO4/c1-16(17-2,15(19)20)10-3-4-12-21-14-7-5-13(6-8-14)9-11-18/h5-8,17-18H,3-4,9-12H2,1-2H3,(H,19,20). The maximum atomic E-state index is 11.1. The Morgan fingerprint density at radius 1 is 1.29 bits per heavy atom. The lowest BCUT2D eigenvalue weighted by molar-refractivity contribution is -0.144. The van der Waals surface area contributed by atoms with Crippen molar-refractivity contribution in [2.45, 2.75) is 38.1 Å². The molecule has 0 heterocycles. The van der Waals surface area contributed by atoms with Crippen molar-refractivity contribution in [2.75, 3.05) is 20.3 Å². The van der Waals surface area contributed by atoms with E-state index in [2.05, 4.69) is 5.32 Å². The van der Waals surface area contributed by atoms with E-state index in [1.807, 2.05) is 24.3 Å². The quantitative estimate of drug-likeness (QED) is 0.574. The van der Waals surface area contributed by atoms with E-state index < -0.39 is 11.5 Å². The lowest BCUT2D eigenvalue weighted by atomic mass is 9.95. The second-order valence-corrected chi connectivity index (χ2v) is 5.31. The van der Waals surface area contributed by atoms with Gasteiger partial charge in [0.1, 0.15) is 11.3 Å². The number of carboxylic acids is 1. The molecule has 21 heavy (non-hydrogen) atoms. The summed E-state index contributed by atoms with van der Waals surface area (Å²) in [4.78, 5) is 11.1. The van der Waals surface area contributed by atoms with Crippen LogP contribution in [0.5, 0.6) is 5.75 Å². The Labute approximate surface area is 125 Å². The lowest BCUT2D eigenvalue weighted by Crippen LogP contribution is -2.47. The Hall–Kier alpha value is -1.59. The van der Waals surface area contributed by atoms with Crippen LogP contribution < -0.4 is 10.1 Å². The molecule has 0 saturated carbocycles. The van der Waals surface area contributed by atoms with E-state index in [0.29, 0.717) is 19.4 Å². The zero-order valence-electron chi connectivity index (χ0n) is 12.8. The molecule has 0 saturated heterocycles. The summed E-state index contributed by atoms with van der Waals surface area (Å²) < 4.78 is 5.62. The first kappa shape index (κ1) is 17.5. The summed E-state index contributed by atoms with van der Waals surface area (Å²) in [5.74, 6) is -0.0308. The third-order valence-electron chi connectivity index (χ3n) is 3.69. The molecule has 5 nitrogen and oxygen atoms in total. The number of benzene rings is 1. The number of unbranched alkanes of at least 4 members (excludes halogenated alkanes) is 1. The van der Waals surface area contributed by atoms with E-state index in [4.69, 9.17) is 14.9 Å². The molecule has 1 rings (SSSR count). The molecule has 0 amide bonds. The average molecular weight is 295 g/mol. The molecule has 0 fully saturated rings. The molecule has 0 bridgehead atoms. The SMILES string of the molecule is CNC(C)(CCCCOc1ccc(CCO)cc1)C(=O)O. The van der Waals surface area contributed by atoms with Crippen LogP contribution in [0, 0.1) is 0 Å². The predicted octanol–water partition coefficient (Wildman–Crippen LogP) is 1.83. The molecule has 0 aromatic heterocycles. The molecule has 0 aliphatic heterocycles. The van der Waals surface area contributed by atoms with Gasteiger partial charge in [0.25, 0.3) is 0 Å². The summed E-state index contributed by atoms with van der Waals surface area (Å²) in [6, 6.07) is 7.65. The van der Waals surface area contributed by atoms with Gasteiger partial charge in [-0.1, -0.05) is 12.1 Å². The van der Waals surface area contributed by atoms with Gasteiger partial charge in [0, 0.05) is 6.61 Å². The number of likely N-dealkylation sites (N-methyl/N-ethyl adjacent to an activating group) is 1. The molecule has 0 radical (unpaired) electrons. The average Bonchev–Trinajstić information content (AvgIpc) is 2.48. The molecule has 1 aromatic rings. The topological polar surface area (TPSA) is 78.8 Å². The van der Waals surface area contributed by atoms with E-state index in [0.717, 1.165) is 24.2 Å². The van der Waals surface area contributed by atoms with E-state index in [1.165, 1.54) is 0 Å². The minimum Gasteiger partial charge on any atom is -0.494 e. The molecule has 1 atom stereocenters. The molecule has 1 aromatic carbocycles. The Morgan fingerprint density at radius 3 is 2.48 bits per heavy atom. The highest BCUT2D eigenvalue weighted by Gasteiger charge is 2.29. The summed E-state index contributed by atoms with van der Waals surface area (Å²) in [6.07, 6.45) is 2.81. The van der Waals surface area contributed by atoms with Gasteiger partial charge in [0.2, 0.25) is 0 Å². The molecule has 1 unspecified atom stereocenters. The molecule has 118 valence electrons. The van der Waals surface area contributed by atoms with Crippen molar-refractivity contribution in [2.24, 2.45) is 0 Å². The minimum atomic E-state index is -0.869. The number of rotatable bonds is 10. The Morgan fingerprint density at radius 2 is 1.95 bits per heavy atom. The van der Waals surface area contributed by atoms with Crippen molar-refractivity contribution in [1.82, 2.24) is 5.32 Å². The highest BCUT2D eigenvalue weighted by Crippen LogP contribution is 2.16. The van der Waals surface area contributed by atoms with Crippen molar-refractivity contribution in [3.8, 4) is 5.75 Å². The fourth-order valence-electron chi connectivity index (χ4n) is 1.99. The number of aliphatic hydroxyl groups excluding tert-OH is 1. The number of aliphatic hydroxyl groups is 1. The first-order valence-corrected chi connectivity index (χ1v) is 7.27. The number of nitrogens with one attached hydrogen (secondary N) is 1. The van der Waals surface area contributed by atoms with Crippen LogP contribution in [0.3, 0.4) is 0 Å². The first-order valence-electron chi connectivity index (χ1n) is 7.27. The van der Waals surface area contributed by atoms with Crippen molar-refractivity contribution in [3.05, 3.63) is 29.8 Å². The van der Waals surface area contributed by atoms with Crippen LogP contribution in [-0.2, 0) is 11.2 Å². The van der Waals surface area contributed by atoms with Crippen LogP contribution in [-0.4, -0.2) is 42.0 Å². The van der Waals surface area contributed by atoms with Crippen LogP contribution >= 0.6 is 0 Å². The van der Waals surface area contributed by atoms with Crippen LogP contribution in [0.15, 0.2) is 24.3 Å². The van der Waals surface area contributed by atoms with Gasteiger partial charge in [-0.3, -0.25) is 4.79 Å². The predicted molar refractivity (Wildman–Crippen MR) is 81.7 cm³/mol. The van der Waals surface area contributed by atoms with E-state index in [-0.39, 0.29) is 6.61 Å². The van der Waals surface area contributed by atoms with Crippen LogP contribution in [0.25, 0.3) is 0 Å². The number of aliphatic carboxylic acids is 1. The van der Waals surface area contributed by atoms with Crippen molar-refractivity contribution < 1.29 is 19.7 Å². The van der Waals surface area contributed by atoms with E-state index in [1.54, 1.807) is 14.0 Å². The van der Waals surface area contributed by atoms with E-state index >= 15 is 0 Å². The molecule has 0 spiro atoms. The number of carbonyl (C=O) groups is 1. The highest BCUT2D eigenvalue weighted by molar-refractivity contribution is 5.78. The molecule has 0 aliphatic carbocycles. The van der Waals surface area contributed by atoms with Gasteiger partial charge in [0.05, 0.1) is 6.61 Å². The first-order chi connectivity index (χ1) is 10.0. The normalized spacial score (nSPS) is 13.7. The second-order valence-electron chi connectivity index (χ2n) is 5.31. The largest absolute Gasteiger partial charge is 0.494 e. The van der Waals surface area contributed by atoms with Gasteiger partial charge in [0.15, 0.2) is 0 Å². The number of ether oxygens (including phenoxy) is 1. The molecular weight excluding hydrogens is 270 g/mol. The van der Waals surface area contributed by atoms with E-state index in [9.17, 15) is 4.79 Å². The maximum absolute atomic E-state index is 11.1. The summed E-state index contributed by atoms with van der Waals surface area (Å²) in [5.41, 5.74) is 0.211. The smallest absolute Gasteiger partial charge is 0.323 e. The van der Waals surface area contributed by atoms with Gasteiger partial charge in [-0.05, 0) is 57.4 Å². The second kappa shape index (κ2) is 8.64. The van der Waals surface area contributed by atoms with Gasteiger partial charge in [-0.25, -0.2) is 0 Å². The van der Waals surface area contributed by atoms with Gasteiger partial charge < -0.3 is 20.3 Å². The lowest BCUT2D eigenvalue weighted by Gasteiger charge is -2.23. The number of hydrogen-bond acceptors (Lipinski definition) is 4. The molecular formula is C16H25NO4.